The molecule has 0 atom stereocenters. The van der Waals surface area contributed by atoms with Crippen LogP contribution >= 0.6 is 15.9 Å². The van der Waals surface area contributed by atoms with Crippen LogP contribution in [0.2, 0.25) is 0 Å². The van der Waals surface area contributed by atoms with Gasteiger partial charge in [-0.3, -0.25) is 0 Å². The Kier molecular flexibility index (Phi) is 3.25. The van der Waals surface area contributed by atoms with Gasteiger partial charge in [0, 0.05) is 27.5 Å². The molecule has 0 aliphatic carbocycles. The Morgan fingerprint density at radius 2 is 2.08 bits per heavy atom. The van der Waals surface area contributed by atoms with E-state index in [0.29, 0.717) is 0 Å². The smallest absolute Gasteiger partial charge is 0.216 e. The largest absolute Gasteiger partial charge is 0.349 e. The van der Waals surface area contributed by atoms with E-state index in [0.717, 1.165) is 10.4 Å². The van der Waals surface area contributed by atoms with Crippen molar-refractivity contribution in [2.24, 2.45) is 7.05 Å². The van der Waals surface area contributed by atoms with Gasteiger partial charge in [0.05, 0.1) is 0 Å². The van der Waals surface area contributed by atoms with Crippen LogP contribution in [0.5, 0.6) is 0 Å². The van der Waals surface area contributed by atoms with Gasteiger partial charge in [-0.1, -0.05) is 0 Å². The van der Waals surface area contributed by atoms with E-state index in [-0.39, 0.29) is 0 Å². The van der Waals surface area contributed by atoms with Gasteiger partial charge in [-0.15, -0.1) is 0 Å². The minimum Gasteiger partial charge on any atom is -0.349 e. The second kappa shape index (κ2) is 4.02. The number of ether oxygens (including phenoxy) is 2. The first-order valence-corrected chi connectivity index (χ1v) is 4.22. The van der Waals surface area contributed by atoms with E-state index in [4.69, 9.17) is 9.47 Å². The van der Waals surface area contributed by atoms with E-state index in [2.05, 4.69) is 20.9 Å². The third-order valence-electron chi connectivity index (χ3n) is 1.52. The summed E-state index contributed by atoms with van der Waals surface area (Å²) in [5, 5.41) is 0. The molecule has 0 saturated carbocycles. The predicted molar refractivity (Wildman–Crippen MR) is 47.7 cm³/mol. The number of hydrogen-bond acceptors (Lipinski definition) is 3. The molecule has 0 radical (unpaired) electrons. The maximum atomic E-state index is 5.05. The zero-order valence-electron chi connectivity index (χ0n) is 7.24. The lowest BCUT2D eigenvalue weighted by Crippen LogP contribution is -2.09. The Balaban J connectivity index is 2.91. The minimum atomic E-state index is -0.402. The average Bonchev–Trinajstić information content (AvgIpc) is 2.34. The summed E-state index contributed by atoms with van der Waals surface area (Å²) in [5.74, 6) is 0.742. The molecule has 1 rings (SSSR count). The fraction of sp³-hybridized carbons (Fsp3) is 0.571. The highest BCUT2D eigenvalue weighted by Crippen LogP contribution is 2.18. The van der Waals surface area contributed by atoms with E-state index in [1.807, 2.05) is 17.8 Å². The second-order valence-electron chi connectivity index (χ2n) is 2.34. The van der Waals surface area contributed by atoms with Crippen LogP contribution in [0.25, 0.3) is 0 Å². The van der Waals surface area contributed by atoms with Crippen molar-refractivity contribution < 1.29 is 9.47 Å². The van der Waals surface area contributed by atoms with Crippen molar-refractivity contribution >= 4 is 15.9 Å². The molecule has 0 aromatic carbocycles. The Morgan fingerprint density at radius 3 is 2.42 bits per heavy atom. The molecule has 0 saturated heterocycles. The quantitative estimate of drug-likeness (QED) is 0.744. The number of hydrogen-bond donors (Lipinski definition) is 0. The first-order chi connectivity index (χ1) is 5.69. The Labute approximate surface area is 79.6 Å². The van der Waals surface area contributed by atoms with Crippen molar-refractivity contribution in [1.29, 1.82) is 0 Å². The van der Waals surface area contributed by atoms with E-state index >= 15 is 0 Å². The van der Waals surface area contributed by atoms with Crippen LogP contribution in [-0.2, 0) is 16.5 Å². The molecular weight excluding hydrogens is 224 g/mol. The summed E-state index contributed by atoms with van der Waals surface area (Å²) in [7, 11) is 5.05. The maximum Gasteiger partial charge on any atom is 0.216 e. The normalized spacial score (nSPS) is 11.1. The SMILES string of the molecule is COC(OC)c1nc(Br)cn1C. The summed E-state index contributed by atoms with van der Waals surface area (Å²) in [6.07, 6.45) is 1.45. The summed E-state index contributed by atoms with van der Waals surface area (Å²) < 4.78 is 12.7. The van der Waals surface area contributed by atoms with Crippen molar-refractivity contribution in [2.75, 3.05) is 14.2 Å². The van der Waals surface area contributed by atoms with Crippen LogP contribution in [0.1, 0.15) is 12.1 Å². The number of aromatic nitrogens is 2. The van der Waals surface area contributed by atoms with Crippen molar-refractivity contribution in [1.82, 2.24) is 9.55 Å². The lowest BCUT2D eigenvalue weighted by molar-refractivity contribution is -0.112. The molecule has 5 heteroatoms. The van der Waals surface area contributed by atoms with Crippen molar-refractivity contribution in [2.45, 2.75) is 6.29 Å². The molecule has 0 unspecified atom stereocenters. The van der Waals surface area contributed by atoms with Crippen LogP contribution in [0.15, 0.2) is 10.8 Å². The highest BCUT2D eigenvalue weighted by atomic mass is 79.9. The monoisotopic (exact) mass is 234 g/mol. The molecular formula is C7H11BrN2O2. The average molecular weight is 235 g/mol. The van der Waals surface area contributed by atoms with Crippen LogP contribution in [0.4, 0.5) is 0 Å². The van der Waals surface area contributed by atoms with Gasteiger partial charge < -0.3 is 14.0 Å². The van der Waals surface area contributed by atoms with Crippen LogP contribution < -0.4 is 0 Å². The fourth-order valence-corrected chi connectivity index (χ4v) is 1.46. The molecule has 0 bridgehead atoms. The van der Waals surface area contributed by atoms with Crippen LogP contribution in [-0.4, -0.2) is 23.8 Å². The van der Waals surface area contributed by atoms with Gasteiger partial charge in [-0.2, -0.15) is 0 Å². The first-order valence-electron chi connectivity index (χ1n) is 3.43. The molecule has 0 aliphatic heterocycles. The molecule has 1 aromatic rings. The molecule has 4 nitrogen and oxygen atoms in total. The minimum absolute atomic E-state index is 0.402. The van der Waals surface area contributed by atoms with E-state index < -0.39 is 6.29 Å². The van der Waals surface area contributed by atoms with Crippen molar-refractivity contribution in [3.8, 4) is 0 Å². The highest BCUT2D eigenvalue weighted by molar-refractivity contribution is 9.10. The van der Waals surface area contributed by atoms with Gasteiger partial charge in [-0.05, 0) is 15.9 Å². The van der Waals surface area contributed by atoms with Crippen LogP contribution in [0.3, 0.4) is 0 Å². The zero-order chi connectivity index (χ0) is 9.14. The van der Waals surface area contributed by atoms with Crippen LogP contribution in [0, 0.1) is 0 Å². The lowest BCUT2D eigenvalue weighted by atomic mass is 10.6. The first kappa shape index (κ1) is 9.70. The van der Waals surface area contributed by atoms with Gasteiger partial charge in [0.25, 0.3) is 0 Å². The summed E-state index contributed by atoms with van der Waals surface area (Å²) in [6, 6.07) is 0. The number of rotatable bonds is 3. The predicted octanol–water partition coefficient (Wildman–Crippen LogP) is 1.47. The number of nitrogens with zero attached hydrogens (tertiary/aromatic N) is 2. The van der Waals surface area contributed by atoms with E-state index in [1.165, 1.54) is 0 Å². The van der Waals surface area contributed by atoms with Gasteiger partial charge in [0.2, 0.25) is 6.29 Å². The standard InChI is InChI=1S/C7H11BrN2O2/c1-10-4-5(8)9-6(10)7(11-2)12-3/h4,7H,1-3H3. The molecule has 0 amide bonds. The Bertz CT molecular complexity index is 258. The molecule has 0 fully saturated rings. The zero-order valence-corrected chi connectivity index (χ0v) is 8.83. The highest BCUT2D eigenvalue weighted by Gasteiger charge is 2.14. The van der Waals surface area contributed by atoms with Gasteiger partial charge in [0.1, 0.15) is 4.60 Å². The number of methoxy groups -OCH3 is 2. The Hall–Kier alpha value is -0.390. The number of imidazole rings is 1. The molecule has 0 spiro atoms. The third kappa shape index (κ3) is 1.85. The summed E-state index contributed by atoms with van der Waals surface area (Å²) in [4.78, 5) is 4.18. The van der Waals surface area contributed by atoms with Crippen molar-refractivity contribution in [3.63, 3.8) is 0 Å². The lowest BCUT2D eigenvalue weighted by Gasteiger charge is -2.11. The molecule has 1 heterocycles. The second-order valence-corrected chi connectivity index (χ2v) is 3.15. The van der Waals surface area contributed by atoms with Crippen molar-refractivity contribution in [3.05, 3.63) is 16.6 Å². The summed E-state index contributed by atoms with van der Waals surface area (Å²) in [6.45, 7) is 0. The van der Waals surface area contributed by atoms with Gasteiger partial charge in [-0.25, -0.2) is 4.98 Å². The van der Waals surface area contributed by atoms with E-state index in [1.54, 1.807) is 14.2 Å². The third-order valence-corrected chi connectivity index (χ3v) is 1.90. The number of aryl methyl sites for hydroxylation is 1. The fourth-order valence-electron chi connectivity index (χ4n) is 0.969. The van der Waals surface area contributed by atoms with Gasteiger partial charge in [0.15, 0.2) is 5.82 Å². The van der Waals surface area contributed by atoms with Gasteiger partial charge >= 0.3 is 0 Å². The Morgan fingerprint density at radius 1 is 1.50 bits per heavy atom. The summed E-state index contributed by atoms with van der Waals surface area (Å²) in [5.41, 5.74) is 0. The summed E-state index contributed by atoms with van der Waals surface area (Å²) >= 11 is 3.27. The number of halogens is 1. The molecule has 1 aromatic heterocycles. The molecule has 12 heavy (non-hydrogen) atoms. The van der Waals surface area contributed by atoms with E-state index in [9.17, 15) is 0 Å². The molecule has 0 N–H and O–H groups in total. The topological polar surface area (TPSA) is 36.3 Å². The molecule has 0 aliphatic rings. The maximum absolute atomic E-state index is 5.05. The molecule has 68 valence electrons.